The third-order valence-corrected chi connectivity index (χ3v) is 9.84. The van der Waals surface area contributed by atoms with E-state index in [1.54, 1.807) is 18.2 Å². The van der Waals surface area contributed by atoms with Gasteiger partial charge >= 0.3 is 0 Å². The fraction of sp³-hybridized carbons (Fsp3) is 0.500. The number of piperidine rings is 1. The molecule has 0 unspecified atom stereocenters. The average Bonchev–Trinajstić information content (AvgIpc) is 2.86. The summed E-state index contributed by atoms with van der Waals surface area (Å²) in [6.07, 6.45) is 3.66. The Labute approximate surface area is 218 Å². The lowest BCUT2D eigenvalue weighted by Gasteiger charge is -2.42. The predicted octanol–water partition coefficient (Wildman–Crippen LogP) is 5.73. The summed E-state index contributed by atoms with van der Waals surface area (Å²) in [6, 6.07) is 12.5. The van der Waals surface area contributed by atoms with Crippen molar-refractivity contribution in [2.75, 3.05) is 13.1 Å². The lowest BCUT2D eigenvalue weighted by Crippen LogP contribution is -2.49. The number of halogens is 2. The van der Waals surface area contributed by atoms with Gasteiger partial charge in [0.2, 0.25) is 15.9 Å². The van der Waals surface area contributed by atoms with Crippen molar-refractivity contribution < 1.29 is 17.9 Å². The number of para-hydroxylation sites is 1. The molecule has 1 saturated heterocycles. The molecule has 0 bridgehead atoms. The number of rotatable bonds is 7. The summed E-state index contributed by atoms with van der Waals surface area (Å²) in [5, 5.41) is 3.93. The first-order chi connectivity index (χ1) is 16.7. The predicted molar refractivity (Wildman–Crippen MR) is 139 cm³/mol. The van der Waals surface area contributed by atoms with Gasteiger partial charge in [0.1, 0.15) is 11.4 Å². The molecule has 0 aliphatic carbocycles. The Morgan fingerprint density at radius 2 is 1.89 bits per heavy atom. The van der Waals surface area contributed by atoms with Crippen molar-refractivity contribution in [3.8, 4) is 5.75 Å². The van der Waals surface area contributed by atoms with E-state index < -0.39 is 15.9 Å². The van der Waals surface area contributed by atoms with Crippen molar-refractivity contribution in [2.24, 2.45) is 5.92 Å². The summed E-state index contributed by atoms with van der Waals surface area (Å²) in [5.74, 6) is 0.116. The molecule has 2 atom stereocenters. The average molecular weight is 540 g/mol. The van der Waals surface area contributed by atoms with E-state index in [9.17, 15) is 13.2 Å². The van der Waals surface area contributed by atoms with E-state index >= 15 is 0 Å². The van der Waals surface area contributed by atoms with Crippen LogP contribution in [0.2, 0.25) is 10.0 Å². The van der Waals surface area contributed by atoms with Crippen molar-refractivity contribution in [3.63, 3.8) is 0 Å². The number of fused-ring (bicyclic) bond motifs is 1. The van der Waals surface area contributed by atoms with Gasteiger partial charge in [0.15, 0.2) is 0 Å². The topological polar surface area (TPSA) is 75.7 Å². The molecule has 2 aliphatic rings. The highest BCUT2D eigenvalue weighted by molar-refractivity contribution is 7.88. The molecule has 1 N–H and O–H groups in total. The van der Waals surface area contributed by atoms with Gasteiger partial charge in [0, 0.05) is 25.1 Å². The lowest BCUT2D eigenvalue weighted by molar-refractivity contribution is -0.127. The van der Waals surface area contributed by atoms with Gasteiger partial charge in [-0.2, -0.15) is 0 Å². The minimum atomic E-state index is -3.61. The summed E-state index contributed by atoms with van der Waals surface area (Å²) in [4.78, 5) is 13.4. The van der Waals surface area contributed by atoms with Crippen molar-refractivity contribution in [1.29, 1.82) is 0 Å². The second-order valence-corrected chi connectivity index (χ2v) is 12.3. The number of sulfonamides is 1. The van der Waals surface area contributed by atoms with E-state index in [1.807, 2.05) is 24.3 Å². The van der Waals surface area contributed by atoms with Crippen molar-refractivity contribution in [1.82, 2.24) is 9.62 Å². The summed E-state index contributed by atoms with van der Waals surface area (Å²) < 4.78 is 34.1. The third-order valence-electron chi connectivity index (χ3n) is 7.28. The zero-order valence-electron chi connectivity index (χ0n) is 20.1. The lowest BCUT2D eigenvalue weighted by atomic mass is 9.83. The smallest absolute Gasteiger partial charge is 0.224 e. The van der Waals surface area contributed by atoms with E-state index in [1.165, 1.54) is 4.31 Å². The van der Waals surface area contributed by atoms with Crippen LogP contribution in [-0.2, 0) is 20.6 Å². The van der Waals surface area contributed by atoms with Gasteiger partial charge in [0.25, 0.3) is 0 Å². The molecule has 2 aliphatic heterocycles. The van der Waals surface area contributed by atoms with Crippen LogP contribution in [0.3, 0.4) is 0 Å². The van der Waals surface area contributed by atoms with E-state index in [4.69, 9.17) is 27.9 Å². The first-order valence-corrected chi connectivity index (χ1v) is 14.5. The molecule has 0 saturated carbocycles. The molecule has 6 nitrogen and oxygen atoms in total. The van der Waals surface area contributed by atoms with Crippen LogP contribution in [-0.4, -0.2) is 37.3 Å². The van der Waals surface area contributed by atoms with Crippen LogP contribution in [0.15, 0.2) is 42.5 Å². The quantitative estimate of drug-likeness (QED) is 0.488. The van der Waals surface area contributed by atoms with Gasteiger partial charge in [-0.3, -0.25) is 4.79 Å². The zero-order valence-corrected chi connectivity index (χ0v) is 22.4. The highest BCUT2D eigenvalue weighted by atomic mass is 35.5. The Kier molecular flexibility index (Phi) is 8.01. The summed E-state index contributed by atoms with van der Waals surface area (Å²) in [5.41, 5.74) is 1.22. The Morgan fingerprint density at radius 1 is 1.14 bits per heavy atom. The maximum Gasteiger partial charge on any atom is 0.224 e. The van der Waals surface area contributed by atoms with E-state index in [0.717, 1.165) is 24.2 Å². The Morgan fingerprint density at radius 3 is 2.60 bits per heavy atom. The highest BCUT2D eigenvalue weighted by Crippen LogP contribution is 2.42. The SMILES string of the molecule is CCC1(CC)C[C@@H](NC(=O)[C@@H]2CCCN(S(=O)(=O)Cc3ccc(Cl)c(Cl)c3)C2)c2ccccc2O1. The molecule has 190 valence electrons. The second kappa shape index (κ2) is 10.7. The minimum absolute atomic E-state index is 0.109. The number of benzene rings is 2. The number of nitrogens with one attached hydrogen (secondary N) is 1. The number of carbonyl (C=O) groups excluding carboxylic acids is 1. The van der Waals surface area contributed by atoms with Crippen LogP contribution in [0.1, 0.15) is 63.1 Å². The van der Waals surface area contributed by atoms with Gasteiger partial charge in [-0.05, 0) is 49.4 Å². The highest BCUT2D eigenvalue weighted by Gasteiger charge is 2.40. The van der Waals surface area contributed by atoms with Crippen molar-refractivity contribution in [2.45, 2.75) is 63.3 Å². The van der Waals surface area contributed by atoms with Crippen LogP contribution in [0.5, 0.6) is 5.75 Å². The molecule has 0 aromatic heterocycles. The third kappa shape index (κ3) is 5.79. The number of amides is 1. The van der Waals surface area contributed by atoms with E-state index in [0.29, 0.717) is 41.4 Å². The summed E-state index contributed by atoms with van der Waals surface area (Å²) >= 11 is 12.0. The molecule has 0 radical (unpaired) electrons. The second-order valence-electron chi connectivity index (χ2n) is 9.50. The molecule has 9 heteroatoms. The Hall–Kier alpha value is -1.80. The van der Waals surface area contributed by atoms with Gasteiger partial charge in [-0.1, -0.05) is 61.3 Å². The standard InChI is InChI=1S/C26H32Cl2N2O4S/c1-3-26(4-2)15-23(20-9-5-6-10-24(20)34-26)29-25(31)19-8-7-13-30(16-19)35(32,33)17-18-11-12-21(27)22(28)14-18/h5-6,9-12,14,19,23H,3-4,7-8,13,15-17H2,1-2H3,(H,29,31)/t19-,23-/m1/s1. The molecule has 4 rings (SSSR count). The monoisotopic (exact) mass is 538 g/mol. The van der Waals surface area contributed by atoms with Crippen LogP contribution in [0, 0.1) is 5.92 Å². The molecule has 1 fully saturated rings. The first kappa shape index (κ1) is 26.3. The van der Waals surface area contributed by atoms with E-state index in [-0.39, 0.29) is 29.8 Å². The molecule has 35 heavy (non-hydrogen) atoms. The molecule has 2 aromatic rings. The largest absolute Gasteiger partial charge is 0.487 e. The zero-order chi connectivity index (χ0) is 25.2. The molecule has 2 aromatic carbocycles. The number of nitrogens with zero attached hydrogens (tertiary/aromatic N) is 1. The molecular weight excluding hydrogens is 507 g/mol. The normalized spacial score (nSPS) is 22.2. The fourth-order valence-electron chi connectivity index (χ4n) is 5.06. The maximum atomic E-state index is 13.4. The van der Waals surface area contributed by atoms with Crippen LogP contribution >= 0.6 is 23.2 Å². The van der Waals surface area contributed by atoms with Crippen LogP contribution in [0.25, 0.3) is 0 Å². The van der Waals surface area contributed by atoms with Gasteiger partial charge < -0.3 is 10.1 Å². The van der Waals surface area contributed by atoms with Gasteiger partial charge in [-0.15, -0.1) is 0 Å². The number of carbonyl (C=O) groups is 1. The Balaban J connectivity index is 1.47. The summed E-state index contributed by atoms with van der Waals surface area (Å²) in [6.45, 7) is 4.79. The van der Waals surface area contributed by atoms with Crippen molar-refractivity contribution in [3.05, 3.63) is 63.6 Å². The molecular formula is C26H32Cl2N2O4S. The number of hydrogen-bond acceptors (Lipinski definition) is 4. The van der Waals surface area contributed by atoms with Crippen molar-refractivity contribution >= 4 is 39.1 Å². The first-order valence-electron chi connectivity index (χ1n) is 12.2. The molecule has 0 spiro atoms. The van der Waals surface area contributed by atoms with Gasteiger partial charge in [0.05, 0.1) is 27.8 Å². The fourth-order valence-corrected chi connectivity index (χ4v) is 6.98. The Bertz CT molecular complexity index is 1180. The maximum absolute atomic E-state index is 13.4. The van der Waals surface area contributed by atoms with Crippen LogP contribution in [0.4, 0.5) is 0 Å². The number of hydrogen-bond donors (Lipinski definition) is 1. The van der Waals surface area contributed by atoms with Crippen LogP contribution < -0.4 is 10.1 Å². The van der Waals surface area contributed by atoms with Gasteiger partial charge in [-0.25, -0.2) is 12.7 Å². The molecule has 2 heterocycles. The number of ether oxygens (including phenoxy) is 1. The van der Waals surface area contributed by atoms with E-state index in [2.05, 4.69) is 19.2 Å². The summed E-state index contributed by atoms with van der Waals surface area (Å²) in [7, 11) is -3.61. The molecule has 1 amide bonds. The minimum Gasteiger partial charge on any atom is -0.487 e.